The van der Waals surface area contributed by atoms with E-state index in [-0.39, 0.29) is 6.04 Å². The molecule has 112 valence electrons. The smallest absolute Gasteiger partial charge is 0.161 e. The van der Waals surface area contributed by atoms with E-state index < -0.39 is 12.2 Å². The van der Waals surface area contributed by atoms with Crippen molar-refractivity contribution in [3.05, 3.63) is 36.4 Å². The Morgan fingerprint density at radius 3 is 2.86 bits per heavy atom. The minimum Gasteiger partial charge on any atom is -0.486 e. The van der Waals surface area contributed by atoms with E-state index in [1.807, 2.05) is 38.1 Å². The molecule has 0 spiro atoms. The summed E-state index contributed by atoms with van der Waals surface area (Å²) < 4.78 is 13.2. The average Bonchev–Trinajstić information content (AvgIpc) is 2.95. The number of nitrogens with zero attached hydrogens (tertiary/aromatic N) is 3. The highest BCUT2D eigenvalue weighted by Gasteiger charge is 2.29. The van der Waals surface area contributed by atoms with Gasteiger partial charge in [-0.1, -0.05) is 12.1 Å². The standard InChI is InChI=1S/C15H19N3O3/c1-10(2)18-15(16-9-17-18)7-11(19)14-8-20-12-5-3-4-6-13(12)21-14/h3-6,9-11,14,19H,7-8H2,1-2H3. The first-order valence-corrected chi connectivity index (χ1v) is 7.10. The molecule has 0 saturated heterocycles. The number of aromatic nitrogens is 3. The molecule has 1 aliphatic heterocycles. The van der Waals surface area contributed by atoms with Crippen LogP contribution in [0.1, 0.15) is 25.7 Å². The Morgan fingerprint density at radius 1 is 1.33 bits per heavy atom. The van der Waals surface area contributed by atoms with Crippen LogP contribution in [0.2, 0.25) is 0 Å². The maximum Gasteiger partial charge on any atom is 0.161 e. The molecule has 6 heteroatoms. The van der Waals surface area contributed by atoms with Gasteiger partial charge in [0.1, 0.15) is 24.9 Å². The van der Waals surface area contributed by atoms with E-state index in [1.54, 1.807) is 4.68 Å². The van der Waals surface area contributed by atoms with Crippen LogP contribution >= 0.6 is 0 Å². The van der Waals surface area contributed by atoms with Crippen LogP contribution < -0.4 is 9.47 Å². The lowest BCUT2D eigenvalue weighted by Crippen LogP contribution is -2.41. The molecule has 21 heavy (non-hydrogen) atoms. The summed E-state index contributed by atoms with van der Waals surface area (Å²) >= 11 is 0. The first-order chi connectivity index (χ1) is 10.1. The SMILES string of the molecule is CC(C)n1ncnc1CC(O)C1COc2ccccc2O1. The monoisotopic (exact) mass is 289 g/mol. The minimum absolute atomic E-state index is 0.207. The van der Waals surface area contributed by atoms with Crippen molar-refractivity contribution in [2.45, 2.75) is 38.5 Å². The van der Waals surface area contributed by atoms with Crippen LogP contribution in [0.4, 0.5) is 0 Å². The highest BCUT2D eigenvalue weighted by molar-refractivity contribution is 5.40. The van der Waals surface area contributed by atoms with Crippen LogP contribution in [-0.4, -0.2) is 38.7 Å². The number of fused-ring (bicyclic) bond motifs is 1. The van der Waals surface area contributed by atoms with Crippen molar-refractivity contribution >= 4 is 0 Å². The van der Waals surface area contributed by atoms with Crippen molar-refractivity contribution in [1.29, 1.82) is 0 Å². The number of para-hydroxylation sites is 2. The number of hydrogen-bond acceptors (Lipinski definition) is 5. The summed E-state index contributed by atoms with van der Waals surface area (Å²) in [5.41, 5.74) is 0. The number of benzene rings is 1. The van der Waals surface area contributed by atoms with Crippen molar-refractivity contribution in [3.63, 3.8) is 0 Å². The second-order valence-corrected chi connectivity index (χ2v) is 5.40. The first kappa shape index (κ1) is 13.9. The summed E-state index contributed by atoms with van der Waals surface area (Å²) in [4.78, 5) is 4.21. The number of rotatable bonds is 4. The third-order valence-electron chi connectivity index (χ3n) is 3.49. The molecular weight excluding hydrogens is 270 g/mol. The molecular formula is C15H19N3O3. The summed E-state index contributed by atoms with van der Waals surface area (Å²) in [6.07, 6.45) is 0.793. The summed E-state index contributed by atoms with van der Waals surface area (Å²) in [6.45, 7) is 4.38. The fourth-order valence-electron chi connectivity index (χ4n) is 2.40. The van der Waals surface area contributed by atoms with Gasteiger partial charge in [0.15, 0.2) is 17.6 Å². The van der Waals surface area contributed by atoms with Crippen LogP contribution in [0.3, 0.4) is 0 Å². The third-order valence-corrected chi connectivity index (χ3v) is 3.49. The molecule has 2 heterocycles. The lowest BCUT2D eigenvalue weighted by molar-refractivity contribution is -0.0108. The number of aliphatic hydroxyl groups excluding tert-OH is 1. The molecule has 0 bridgehead atoms. The molecule has 1 aliphatic rings. The lowest BCUT2D eigenvalue weighted by atomic mass is 10.1. The fraction of sp³-hybridized carbons (Fsp3) is 0.467. The van der Waals surface area contributed by atoms with E-state index >= 15 is 0 Å². The van der Waals surface area contributed by atoms with Gasteiger partial charge in [-0.2, -0.15) is 5.10 Å². The number of aliphatic hydroxyl groups is 1. The van der Waals surface area contributed by atoms with Crippen molar-refractivity contribution in [2.75, 3.05) is 6.61 Å². The maximum atomic E-state index is 10.4. The molecule has 6 nitrogen and oxygen atoms in total. The zero-order chi connectivity index (χ0) is 14.8. The summed E-state index contributed by atoms with van der Waals surface area (Å²) in [6, 6.07) is 7.67. The predicted molar refractivity (Wildman–Crippen MR) is 76.5 cm³/mol. The predicted octanol–water partition coefficient (Wildman–Crippen LogP) is 1.60. The Morgan fingerprint density at radius 2 is 2.10 bits per heavy atom. The topological polar surface area (TPSA) is 69.4 Å². The molecule has 2 unspecified atom stereocenters. The van der Waals surface area contributed by atoms with Gasteiger partial charge in [-0.3, -0.25) is 0 Å². The van der Waals surface area contributed by atoms with Crippen LogP contribution in [-0.2, 0) is 6.42 Å². The van der Waals surface area contributed by atoms with Gasteiger partial charge < -0.3 is 14.6 Å². The van der Waals surface area contributed by atoms with Crippen LogP contribution in [0.15, 0.2) is 30.6 Å². The quantitative estimate of drug-likeness (QED) is 0.926. The van der Waals surface area contributed by atoms with Gasteiger partial charge in [-0.25, -0.2) is 9.67 Å². The van der Waals surface area contributed by atoms with E-state index in [2.05, 4.69) is 10.1 Å². The normalized spacial score (nSPS) is 18.8. The molecule has 1 aromatic carbocycles. The van der Waals surface area contributed by atoms with E-state index in [9.17, 15) is 5.11 Å². The van der Waals surface area contributed by atoms with E-state index in [0.29, 0.717) is 24.5 Å². The molecule has 1 aromatic heterocycles. The van der Waals surface area contributed by atoms with E-state index in [0.717, 1.165) is 5.82 Å². The second-order valence-electron chi connectivity index (χ2n) is 5.40. The highest BCUT2D eigenvalue weighted by Crippen LogP contribution is 2.31. The Balaban J connectivity index is 1.69. The second kappa shape index (κ2) is 5.73. The number of hydrogen-bond donors (Lipinski definition) is 1. The first-order valence-electron chi connectivity index (χ1n) is 7.10. The lowest BCUT2D eigenvalue weighted by Gasteiger charge is -2.29. The van der Waals surface area contributed by atoms with Gasteiger partial charge in [-0.15, -0.1) is 0 Å². The Bertz CT molecular complexity index is 612. The van der Waals surface area contributed by atoms with Gasteiger partial charge in [0, 0.05) is 12.5 Å². The third kappa shape index (κ3) is 2.85. The van der Waals surface area contributed by atoms with Gasteiger partial charge in [-0.05, 0) is 26.0 Å². The van der Waals surface area contributed by atoms with Gasteiger partial charge in [0.2, 0.25) is 0 Å². The molecule has 0 amide bonds. The maximum absolute atomic E-state index is 10.4. The molecule has 0 saturated carbocycles. The minimum atomic E-state index is -0.694. The summed E-state index contributed by atoms with van der Waals surface area (Å²) in [5.74, 6) is 2.13. The van der Waals surface area contributed by atoms with Crippen molar-refractivity contribution in [3.8, 4) is 11.5 Å². The van der Waals surface area contributed by atoms with Crippen molar-refractivity contribution < 1.29 is 14.6 Å². The summed E-state index contributed by atoms with van der Waals surface area (Å²) in [7, 11) is 0. The van der Waals surface area contributed by atoms with Gasteiger partial charge in [0.05, 0.1) is 0 Å². The molecule has 0 aliphatic carbocycles. The molecule has 2 atom stereocenters. The average molecular weight is 289 g/mol. The molecule has 3 rings (SSSR count). The zero-order valence-corrected chi connectivity index (χ0v) is 12.1. The zero-order valence-electron chi connectivity index (χ0n) is 12.1. The Labute approximate surface area is 123 Å². The van der Waals surface area contributed by atoms with Crippen molar-refractivity contribution in [2.24, 2.45) is 0 Å². The number of ether oxygens (including phenoxy) is 2. The Hall–Kier alpha value is -2.08. The van der Waals surface area contributed by atoms with Gasteiger partial charge in [0.25, 0.3) is 0 Å². The van der Waals surface area contributed by atoms with Gasteiger partial charge >= 0.3 is 0 Å². The largest absolute Gasteiger partial charge is 0.486 e. The van der Waals surface area contributed by atoms with Crippen LogP contribution in [0.25, 0.3) is 0 Å². The van der Waals surface area contributed by atoms with Crippen molar-refractivity contribution in [1.82, 2.24) is 14.8 Å². The molecule has 2 aromatic rings. The molecule has 0 radical (unpaired) electrons. The summed E-state index contributed by atoms with van der Waals surface area (Å²) in [5, 5.41) is 14.6. The van der Waals surface area contributed by atoms with E-state index in [1.165, 1.54) is 6.33 Å². The van der Waals surface area contributed by atoms with Crippen LogP contribution in [0, 0.1) is 0 Å². The van der Waals surface area contributed by atoms with E-state index in [4.69, 9.17) is 9.47 Å². The molecule has 1 N–H and O–H groups in total. The van der Waals surface area contributed by atoms with Crippen LogP contribution in [0.5, 0.6) is 11.5 Å². The Kier molecular flexibility index (Phi) is 3.79. The fourth-order valence-corrected chi connectivity index (χ4v) is 2.40. The highest BCUT2D eigenvalue weighted by atomic mass is 16.6. The molecule has 0 fully saturated rings.